The molecule has 5 nitrogen and oxygen atoms in total. The Bertz CT molecular complexity index is 351. The molecule has 2 atom stereocenters. The molecular weight excluding hydrogens is 244 g/mol. The Morgan fingerprint density at radius 2 is 1.89 bits per heavy atom. The minimum Gasteiger partial charge on any atom is -0.481 e. The minimum absolute atomic E-state index is 0.0135. The zero-order chi connectivity index (χ0) is 13.9. The molecule has 19 heavy (non-hydrogen) atoms. The third-order valence-electron chi connectivity index (χ3n) is 4.51. The SMILES string of the molecule is NC1(CC(=O)NC2CCC(C(=O)O)C2)CCCCC1. The van der Waals surface area contributed by atoms with Crippen LogP contribution >= 0.6 is 0 Å². The summed E-state index contributed by atoms with van der Waals surface area (Å²) in [6.45, 7) is 0. The predicted molar refractivity (Wildman–Crippen MR) is 71.5 cm³/mol. The number of nitrogens with one attached hydrogen (secondary N) is 1. The normalized spacial score (nSPS) is 29.9. The van der Waals surface area contributed by atoms with Gasteiger partial charge in [-0.2, -0.15) is 0 Å². The maximum absolute atomic E-state index is 12.0. The summed E-state index contributed by atoms with van der Waals surface area (Å²) in [5.41, 5.74) is 5.91. The fraction of sp³-hybridized carbons (Fsp3) is 0.857. The highest BCUT2D eigenvalue weighted by molar-refractivity contribution is 5.78. The second-order valence-electron chi connectivity index (χ2n) is 6.21. The van der Waals surface area contributed by atoms with Gasteiger partial charge in [0.05, 0.1) is 5.92 Å². The standard InChI is InChI=1S/C14H24N2O3/c15-14(6-2-1-3-7-14)9-12(17)16-11-5-4-10(8-11)13(18)19/h10-11H,1-9,15H2,(H,16,17)(H,18,19). The fourth-order valence-corrected chi connectivity index (χ4v) is 3.37. The quantitative estimate of drug-likeness (QED) is 0.718. The van der Waals surface area contributed by atoms with Gasteiger partial charge in [-0.3, -0.25) is 9.59 Å². The zero-order valence-electron chi connectivity index (χ0n) is 11.4. The van der Waals surface area contributed by atoms with Gasteiger partial charge in [0.15, 0.2) is 0 Å². The highest BCUT2D eigenvalue weighted by atomic mass is 16.4. The van der Waals surface area contributed by atoms with Gasteiger partial charge < -0.3 is 16.2 Å². The van der Waals surface area contributed by atoms with Gasteiger partial charge in [0.1, 0.15) is 0 Å². The van der Waals surface area contributed by atoms with Crippen molar-refractivity contribution in [3.05, 3.63) is 0 Å². The lowest BCUT2D eigenvalue weighted by Crippen LogP contribution is -2.47. The van der Waals surface area contributed by atoms with E-state index in [1.54, 1.807) is 0 Å². The summed E-state index contributed by atoms with van der Waals surface area (Å²) in [5, 5.41) is 11.9. The summed E-state index contributed by atoms with van der Waals surface area (Å²) >= 11 is 0. The van der Waals surface area contributed by atoms with E-state index in [0.717, 1.165) is 32.1 Å². The van der Waals surface area contributed by atoms with Crippen molar-refractivity contribution in [2.75, 3.05) is 0 Å². The topological polar surface area (TPSA) is 92.4 Å². The molecule has 0 aromatic heterocycles. The molecule has 2 fully saturated rings. The van der Waals surface area contributed by atoms with Crippen LogP contribution in [0.2, 0.25) is 0 Å². The van der Waals surface area contributed by atoms with E-state index in [-0.39, 0.29) is 23.4 Å². The first kappa shape index (κ1) is 14.3. The Hall–Kier alpha value is -1.10. The smallest absolute Gasteiger partial charge is 0.306 e. The lowest BCUT2D eigenvalue weighted by molar-refractivity contribution is -0.141. The first-order valence-corrected chi connectivity index (χ1v) is 7.30. The molecule has 0 saturated heterocycles. The van der Waals surface area contributed by atoms with Crippen molar-refractivity contribution in [3.8, 4) is 0 Å². The van der Waals surface area contributed by atoms with Gasteiger partial charge in [0.2, 0.25) is 5.91 Å². The van der Waals surface area contributed by atoms with Crippen molar-refractivity contribution in [1.82, 2.24) is 5.32 Å². The minimum atomic E-state index is -0.751. The number of hydrogen-bond acceptors (Lipinski definition) is 3. The monoisotopic (exact) mass is 268 g/mol. The molecule has 0 aromatic rings. The molecule has 0 bridgehead atoms. The number of hydrogen-bond donors (Lipinski definition) is 3. The molecule has 2 saturated carbocycles. The average Bonchev–Trinajstić information content (AvgIpc) is 2.77. The van der Waals surface area contributed by atoms with E-state index in [9.17, 15) is 9.59 Å². The van der Waals surface area contributed by atoms with Gasteiger partial charge in [-0.1, -0.05) is 19.3 Å². The number of carboxylic acid groups (broad SMARTS) is 1. The number of aliphatic carboxylic acids is 1. The highest BCUT2D eigenvalue weighted by Gasteiger charge is 2.33. The lowest BCUT2D eigenvalue weighted by atomic mass is 9.80. The number of carboxylic acids is 1. The summed E-state index contributed by atoms with van der Waals surface area (Å²) in [7, 11) is 0. The van der Waals surface area contributed by atoms with E-state index in [1.807, 2.05) is 0 Å². The van der Waals surface area contributed by atoms with Crippen LogP contribution in [-0.2, 0) is 9.59 Å². The molecule has 1 amide bonds. The average molecular weight is 268 g/mol. The summed E-state index contributed by atoms with van der Waals surface area (Å²) in [6, 6.07) is 0.0146. The van der Waals surface area contributed by atoms with Crippen LogP contribution in [0.1, 0.15) is 57.8 Å². The second kappa shape index (κ2) is 5.90. The van der Waals surface area contributed by atoms with Crippen LogP contribution in [0.3, 0.4) is 0 Å². The van der Waals surface area contributed by atoms with Crippen LogP contribution in [0.25, 0.3) is 0 Å². The molecule has 108 valence electrons. The molecule has 2 aliphatic carbocycles. The first-order valence-electron chi connectivity index (χ1n) is 7.30. The molecule has 2 aliphatic rings. The Morgan fingerprint density at radius 1 is 1.21 bits per heavy atom. The van der Waals surface area contributed by atoms with E-state index in [0.29, 0.717) is 19.3 Å². The molecule has 5 heteroatoms. The number of carbonyl (C=O) groups excluding carboxylic acids is 1. The van der Waals surface area contributed by atoms with Crippen LogP contribution in [0.5, 0.6) is 0 Å². The van der Waals surface area contributed by atoms with Gasteiger partial charge in [0.25, 0.3) is 0 Å². The van der Waals surface area contributed by atoms with Gasteiger partial charge in [0, 0.05) is 18.0 Å². The van der Waals surface area contributed by atoms with Crippen molar-refractivity contribution in [1.29, 1.82) is 0 Å². The zero-order valence-corrected chi connectivity index (χ0v) is 11.4. The Kier molecular flexibility index (Phi) is 4.45. The maximum Gasteiger partial charge on any atom is 0.306 e. The van der Waals surface area contributed by atoms with Crippen LogP contribution in [-0.4, -0.2) is 28.6 Å². The van der Waals surface area contributed by atoms with Crippen LogP contribution < -0.4 is 11.1 Å². The van der Waals surface area contributed by atoms with Gasteiger partial charge in [-0.15, -0.1) is 0 Å². The molecular formula is C14H24N2O3. The molecule has 0 spiro atoms. The van der Waals surface area contributed by atoms with E-state index in [1.165, 1.54) is 6.42 Å². The molecule has 2 unspecified atom stereocenters. The molecule has 0 aliphatic heterocycles. The summed E-state index contributed by atoms with van der Waals surface area (Å²) in [5.74, 6) is -1.06. The van der Waals surface area contributed by atoms with Gasteiger partial charge in [-0.05, 0) is 32.1 Å². The van der Waals surface area contributed by atoms with Crippen molar-refractivity contribution in [2.24, 2.45) is 11.7 Å². The summed E-state index contributed by atoms with van der Waals surface area (Å²) < 4.78 is 0. The Morgan fingerprint density at radius 3 is 2.47 bits per heavy atom. The van der Waals surface area contributed by atoms with E-state index < -0.39 is 5.97 Å². The number of rotatable bonds is 4. The third kappa shape index (κ3) is 3.93. The molecule has 0 radical (unpaired) electrons. The first-order chi connectivity index (χ1) is 8.98. The van der Waals surface area contributed by atoms with Crippen molar-refractivity contribution in [2.45, 2.75) is 69.4 Å². The Balaban J connectivity index is 1.77. The van der Waals surface area contributed by atoms with Crippen molar-refractivity contribution < 1.29 is 14.7 Å². The third-order valence-corrected chi connectivity index (χ3v) is 4.51. The highest BCUT2D eigenvalue weighted by Crippen LogP contribution is 2.29. The number of carbonyl (C=O) groups is 2. The van der Waals surface area contributed by atoms with E-state index in [4.69, 9.17) is 10.8 Å². The molecule has 0 aromatic carbocycles. The predicted octanol–water partition coefficient (Wildman–Crippen LogP) is 1.41. The van der Waals surface area contributed by atoms with E-state index >= 15 is 0 Å². The number of amides is 1. The fourth-order valence-electron chi connectivity index (χ4n) is 3.37. The van der Waals surface area contributed by atoms with Crippen LogP contribution in [0.15, 0.2) is 0 Å². The Labute approximate surface area is 113 Å². The van der Waals surface area contributed by atoms with Crippen molar-refractivity contribution >= 4 is 11.9 Å². The summed E-state index contributed by atoms with van der Waals surface area (Å²) in [4.78, 5) is 22.9. The largest absolute Gasteiger partial charge is 0.481 e. The molecule has 4 N–H and O–H groups in total. The van der Waals surface area contributed by atoms with E-state index in [2.05, 4.69) is 5.32 Å². The van der Waals surface area contributed by atoms with Crippen LogP contribution in [0.4, 0.5) is 0 Å². The maximum atomic E-state index is 12.0. The summed E-state index contributed by atoms with van der Waals surface area (Å²) in [6.07, 6.45) is 7.62. The number of nitrogens with two attached hydrogens (primary N) is 1. The molecule has 2 rings (SSSR count). The molecule has 0 heterocycles. The van der Waals surface area contributed by atoms with Gasteiger partial charge in [-0.25, -0.2) is 0 Å². The van der Waals surface area contributed by atoms with Crippen molar-refractivity contribution in [3.63, 3.8) is 0 Å². The van der Waals surface area contributed by atoms with Crippen LogP contribution in [0, 0.1) is 5.92 Å². The van der Waals surface area contributed by atoms with Gasteiger partial charge >= 0.3 is 5.97 Å². The lowest BCUT2D eigenvalue weighted by Gasteiger charge is -2.33. The second-order valence-corrected chi connectivity index (χ2v) is 6.21.